The van der Waals surface area contributed by atoms with Crippen molar-refractivity contribution < 1.29 is 4.57 Å². The molecular weight excluding hydrogens is 458 g/mol. The van der Waals surface area contributed by atoms with E-state index in [0.29, 0.717) is 0 Å². The number of aromatic nitrogens is 1. The zero-order valence-electron chi connectivity index (χ0n) is 21.6. The molecule has 0 radical (unpaired) electrons. The highest BCUT2D eigenvalue weighted by molar-refractivity contribution is 6.03. The molecule has 1 aliphatic carbocycles. The molecule has 0 atom stereocenters. The SMILES string of the molecule is Cc1ccc(-c2ccccc2)cc1-c1cc2c(c[n+]1C)-c1ccccc1-c1ccccc1-c1ccccc1-2. The molecule has 0 unspecified atom stereocenters. The quantitative estimate of drug-likeness (QED) is 0.215. The van der Waals surface area contributed by atoms with Gasteiger partial charge in [-0.1, -0.05) is 115 Å². The fourth-order valence-electron chi connectivity index (χ4n) is 5.92. The Morgan fingerprint density at radius 2 is 0.868 bits per heavy atom. The fraction of sp³-hybridized carbons (Fsp3) is 0.0541. The van der Waals surface area contributed by atoms with E-state index in [9.17, 15) is 0 Å². The van der Waals surface area contributed by atoms with Crippen molar-refractivity contribution in [2.45, 2.75) is 6.92 Å². The Morgan fingerprint density at radius 1 is 0.395 bits per heavy atom. The molecule has 0 amide bonds. The summed E-state index contributed by atoms with van der Waals surface area (Å²) in [5.74, 6) is 0. The van der Waals surface area contributed by atoms with E-state index in [1.54, 1.807) is 0 Å². The zero-order valence-corrected chi connectivity index (χ0v) is 21.6. The second-order valence-electron chi connectivity index (χ2n) is 10.1. The molecule has 180 valence electrons. The number of hydrogen-bond donors (Lipinski definition) is 0. The first-order valence-corrected chi connectivity index (χ1v) is 13.2. The maximum absolute atomic E-state index is 2.40. The maximum Gasteiger partial charge on any atom is 0.213 e. The standard InChI is InChI=1S/C37H28N/c1-25-20-21-27(26-12-4-3-5-13-26)22-34(25)37-23-35-32-18-10-8-16-30(32)28-14-6-7-15-29(28)31-17-9-11-19-33(31)36(35)24-38(37)2/h3-24H,1-2H3/q+1. The van der Waals surface area contributed by atoms with Crippen molar-refractivity contribution in [1.29, 1.82) is 0 Å². The summed E-state index contributed by atoms with van der Waals surface area (Å²) in [6.45, 7) is 2.21. The molecule has 0 N–H and O–H groups in total. The first-order chi connectivity index (χ1) is 18.7. The van der Waals surface area contributed by atoms with Crippen LogP contribution in [-0.4, -0.2) is 0 Å². The largest absolute Gasteiger partial charge is 0.213 e. The number of pyridine rings is 1. The topological polar surface area (TPSA) is 3.88 Å². The van der Waals surface area contributed by atoms with Crippen LogP contribution in [0.4, 0.5) is 0 Å². The summed E-state index contributed by atoms with van der Waals surface area (Å²) >= 11 is 0. The van der Waals surface area contributed by atoms with Gasteiger partial charge in [0.15, 0.2) is 6.20 Å². The van der Waals surface area contributed by atoms with Gasteiger partial charge in [-0.2, -0.15) is 0 Å². The van der Waals surface area contributed by atoms with Gasteiger partial charge >= 0.3 is 0 Å². The summed E-state index contributed by atoms with van der Waals surface area (Å²) in [4.78, 5) is 0. The predicted octanol–water partition coefficient (Wildman–Crippen LogP) is 9.13. The lowest BCUT2D eigenvalue weighted by atomic mass is 9.81. The molecular formula is C37H28N+. The summed E-state index contributed by atoms with van der Waals surface area (Å²) < 4.78 is 2.29. The van der Waals surface area contributed by atoms with E-state index in [0.717, 1.165) is 0 Å². The van der Waals surface area contributed by atoms with Crippen LogP contribution in [-0.2, 0) is 7.05 Å². The molecule has 7 rings (SSSR count). The number of benzene rings is 5. The van der Waals surface area contributed by atoms with Crippen LogP contribution in [0.5, 0.6) is 0 Å². The Bertz CT molecular complexity index is 1830. The number of aryl methyl sites for hydroxylation is 2. The normalized spacial score (nSPS) is 11.4. The van der Waals surface area contributed by atoms with E-state index < -0.39 is 0 Å². The molecule has 1 aromatic heterocycles. The van der Waals surface area contributed by atoms with Crippen LogP contribution in [0.3, 0.4) is 0 Å². The Kier molecular flexibility index (Phi) is 5.30. The Balaban J connectivity index is 1.53. The molecule has 5 aromatic carbocycles. The highest BCUT2D eigenvalue weighted by atomic mass is 14.9. The van der Waals surface area contributed by atoms with E-state index in [4.69, 9.17) is 0 Å². The number of fused-ring (bicyclic) bond motifs is 8. The molecule has 1 heterocycles. The Labute approximate surface area is 224 Å². The Hall–Kier alpha value is -4.75. The smallest absolute Gasteiger partial charge is 0.200 e. The lowest BCUT2D eigenvalue weighted by Gasteiger charge is -2.22. The van der Waals surface area contributed by atoms with Gasteiger partial charge in [0.2, 0.25) is 5.69 Å². The van der Waals surface area contributed by atoms with Gasteiger partial charge in [-0.05, 0) is 63.1 Å². The minimum atomic E-state index is 1.21. The van der Waals surface area contributed by atoms with Crippen LogP contribution in [0.15, 0.2) is 134 Å². The molecule has 0 saturated carbocycles. The van der Waals surface area contributed by atoms with Crippen LogP contribution >= 0.6 is 0 Å². The average molecular weight is 487 g/mol. The molecule has 0 fully saturated rings. The molecule has 1 aliphatic rings. The second kappa shape index (κ2) is 8.97. The second-order valence-corrected chi connectivity index (χ2v) is 10.1. The van der Waals surface area contributed by atoms with Crippen molar-refractivity contribution in [2.24, 2.45) is 7.05 Å². The fourth-order valence-corrected chi connectivity index (χ4v) is 5.92. The van der Waals surface area contributed by atoms with Gasteiger partial charge in [0.05, 0.1) is 5.56 Å². The minimum Gasteiger partial charge on any atom is -0.200 e. The van der Waals surface area contributed by atoms with Gasteiger partial charge in [0, 0.05) is 17.2 Å². The minimum absolute atomic E-state index is 1.21. The van der Waals surface area contributed by atoms with Crippen LogP contribution < -0.4 is 4.57 Å². The molecule has 0 spiro atoms. The molecule has 1 nitrogen and oxygen atoms in total. The van der Waals surface area contributed by atoms with Crippen molar-refractivity contribution in [2.75, 3.05) is 0 Å². The van der Waals surface area contributed by atoms with Gasteiger partial charge in [0.25, 0.3) is 0 Å². The summed E-state index contributed by atoms with van der Waals surface area (Å²) in [5.41, 5.74) is 16.3. The van der Waals surface area contributed by atoms with Gasteiger partial charge < -0.3 is 0 Å². The highest BCUT2D eigenvalue weighted by Crippen LogP contribution is 2.47. The molecule has 6 aromatic rings. The molecule has 1 heteroatoms. The lowest BCUT2D eigenvalue weighted by molar-refractivity contribution is -0.659. The third-order valence-corrected chi connectivity index (χ3v) is 7.84. The molecule has 38 heavy (non-hydrogen) atoms. The number of rotatable bonds is 2. The van der Waals surface area contributed by atoms with E-state index in [-0.39, 0.29) is 0 Å². The van der Waals surface area contributed by atoms with Gasteiger partial charge in [0.1, 0.15) is 7.05 Å². The third-order valence-electron chi connectivity index (χ3n) is 7.84. The Morgan fingerprint density at radius 3 is 1.42 bits per heavy atom. The first kappa shape index (κ1) is 22.4. The first-order valence-electron chi connectivity index (χ1n) is 13.2. The van der Waals surface area contributed by atoms with Crippen LogP contribution in [0, 0.1) is 6.92 Å². The number of hydrogen-bond acceptors (Lipinski definition) is 0. The number of nitrogens with zero attached hydrogens (tertiary/aromatic N) is 1. The van der Waals surface area contributed by atoms with Crippen molar-refractivity contribution in [3.63, 3.8) is 0 Å². The summed E-state index contributed by atoms with van der Waals surface area (Å²) in [6.07, 6.45) is 2.32. The summed E-state index contributed by atoms with van der Waals surface area (Å²) in [5, 5.41) is 0. The van der Waals surface area contributed by atoms with Crippen LogP contribution in [0.2, 0.25) is 0 Å². The van der Waals surface area contributed by atoms with Crippen LogP contribution in [0.25, 0.3) is 66.9 Å². The van der Waals surface area contributed by atoms with E-state index in [1.165, 1.54) is 72.5 Å². The van der Waals surface area contributed by atoms with Crippen molar-refractivity contribution in [1.82, 2.24) is 0 Å². The van der Waals surface area contributed by atoms with Crippen LogP contribution in [0.1, 0.15) is 5.56 Å². The lowest BCUT2D eigenvalue weighted by Crippen LogP contribution is -2.31. The summed E-state index contributed by atoms with van der Waals surface area (Å²) in [7, 11) is 2.17. The van der Waals surface area contributed by atoms with Crippen molar-refractivity contribution in [3.05, 3.63) is 139 Å². The highest BCUT2D eigenvalue weighted by Gasteiger charge is 2.26. The van der Waals surface area contributed by atoms with Gasteiger partial charge in [-0.3, -0.25) is 0 Å². The van der Waals surface area contributed by atoms with Crippen molar-refractivity contribution >= 4 is 0 Å². The van der Waals surface area contributed by atoms with E-state index in [2.05, 4.69) is 152 Å². The maximum atomic E-state index is 2.40. The van der Waals surface area contributed by atoms with Crippen molar-refractivity contribution in [3.8, 4) is 66.9 Å². The predicted molar refractivity (Wildman–Crippen MR) is 159 cm³/mol. The third kappa shape index (κ3) is 3.59. The molecule has 0 bridgehead atoms. The van der Waals surface area contributed by atoms with E-state index >= 15 is 0 Å². The monoisotopic (exact) mass is 486 g/mol. The molecule has 0 aliphatic heterocycles. The molecule has 0 saturated heterocycles. The average Bonchev–Trinajstić information content (AvgIpc) is 2.97. The van der Waals surface area contributed by atoms with E-state index in [1.807, 2.05) is 0 Å². The zero-order chi connectivity index (χ0) is 25.6. The van der Waals surface area contributed by atoms with Gasteiger partial charge in [-0.15, -0.1) is 0 Å². The summed E-state index contributed by atoms with van der Waals surface area (Å²) in [6, 6.07) is 46.3. The van der Waals surface area contributed by atoms with Gasteiger partial charge in [-0.25, -0.2) is 4.57 Å².